The van der Waals surface area contributed by atoms with E-state index in [-0.39, 0.29) is 12.7 Å². The number of halogens is 1. The molecule has 1 saturated heterocycles. The fraction of sp³-hybridized carbons (Fsp3) is 0.125. The van der Waals surface area contributed by atoms with Crippen LogP contribution in [0.15, 0.2) is 45.1 Å². The highest BCUT2D eigenvalue weighted by atomic mass is 79.9. The molecule has 24 heavy (non-hydrogen) atoms. The zero-order chi connectivity index (χ0) is 16.7. The summed E-state index contributed by atoms with van der Waals surface area (Å²) in [7, 11) is 0. The summed E-state index contributed by atoms with van der Waals surface area (Å²) in [6.07, 6.45) is 3.29. The number of rotatable bonds is 3. The number of furan rings is 1. The van der Waals surface area contributed by atoms with E-state index in [0.29, 0.717) is 34.6 Å². The third-order valence-electron chi connectivity index (χ3n) is 3.62. The molecule has 6 nitrogen and oxygen atoms in total. The molecule has 0 radical (unpaired) electrons. The smallest absolute Gasteiger partial charge is 0.276 e. The Morgan fingerprint density at radius 3 is 3.04 bits per heavy atom. The summed E-state index contributed by atoms with van der Waals surface area (Å²) < 4.78 is 16.8. The lowest BCUT2D eigenvalue weighted by atomic mass is 10.1. The second-order valence-electron chi connectivity index (χ2n) is 5.20. The van der Waals surface area contributed by atoms with Crippen LogP contribution in [0.25, 0.3) is 6.08 Å². The van der Waals surface area contributed by atoms with Crippen molar-refractivity contribution in [3.05, 3.63) is 52.0 Å². The highest BCUT2D eigenvalue weighted by Gasteiger charge is 2.31. The molecule has 1 amide bonds. The van der Waals surface area contributed by atoms with Crippen molar-refractivity contribution in [3.63, 3.8) is 0 Å². The van der Waals surface area contributed by atoms with Crippen LogP contribution in [0.1, 0.15) is 11.3 Å². The average Bonchev–Trinajstić information content (AvgIpc) is 3.26. The lowest BCUT2D eigenvalue weighted by Crippen LogP contribution is -2.29. The number of amides is 1. The molecule has 4 rings (SSSR count). The molecule has 0 unspecified atom stereocenters. The lowest BCUT2D eigenvalue weighted by molar-refractivity contribution is -0.122. The van der Waals surface area contributed by atoms with Crippen molar-refractivity contribution < 1.29 is 18.7 Å². The van der Waals surface area contributed by atoms with Gasteiger partial charge in [0.25, 0.3) is 5.91 Å². The van der Waals surface area contributed by atoms with Crippen LogP contribution in [0.3, 0.4) is 0 Å². The van der Waals surface area contributed by atoms with Crippen LogP contribution in [0, 0.1) is 0 Å². The first-order chi connectivity index (χ1) is 11.6. The molecule has 3 heterocycles. The Morgan fingerprint density at radius 1 is 1.38 bits per heavy atom. The lowest BCUT2D eigenvalue weighted by Gasteiger charge is -2.11. The first-order valence-corrected chi connectivity index (χ1v) is 8.28. The normalized spacial score (nSPS) is 17.7. The molecule has 0 bridgehead atoms. The van der Waals surface area contributed by atoms with E-state index in [1.807, 2.05) is 12.1 Å². The van der Waals surface area contributed by atoms with Gasteiger partial charge in [-0.15, -0.1) is 0 Å². The number of fused-ring (bicyclic) bond motifs is 1. The summed E-state index contributed by atoms with van der Waals surface area (Å²) in [5.74, 6) is 1.76. The number of nitrogens with zero attached hydrogens (tertiary/aromatic N) is 1. The first kappa shape index (κ1) is 15.2. The molecule has 0 aliphatic carbocycles. The number of hydrogen-bond acceptors (Lipinski definition) is 5. The number of thiocarbonyl (C=S) groups is 1. The second kappa shape index (κ2) is 5.95. The quantitative estimate of drug-likeness (QED) is 0.624. The number of benzene rings is 1. The van der Waals surface area contributed by atoms with Crippen molar-refractivity contribution in [2.24, 2.45) is 0 Å². The van der Waals surface area contributed by atoms with Gasteiger partial charge in [0.15, 0.2) is 16.6 Å². The van der Waals surface area contributed by atoms with Crippen LogP contribution in [-0.4, -0.2) is 22.7 Å². The number of hydrogen-bond donors (Lipinski definition) is 1. The van der Waals surface area contributed by atoms with Crippen molar-refractivity contribution in [1.82, 2.24) is 10.2 Å². The minimum absolute atomic E-state index is 0.187. The monoisotopic (exact) mass is 406 g/mol. The average molecular weight is 407 g/mol. The van der Waals surface area contributed by atoms with Crippen LogP contribution < -0.4 is 14.8 Å². The standard InChI is InChI=1S/C16H11BrN2O4S/c17-11-4-9(6-13-14(11)23-8-22-13)5-12-15(20)19(16(24)18-12)7-10-2-1-3-21-10/h1-6H,7-8H2,(H,18,24)/b12-5-. The van der Waals surface area contributed by atoms with Crippen LogP contribution in [0.4, 0.5) is 0 Å². The molecule has 1 fully saturated rings. The maximum Gasteiger partial charge on any atom is 0.276 e. The Balaban J connectivity index is 1.61. The fourth-order valence-corrected chi connectivity index (χ4v) is 3.34. The van der Waals surface area contributed by atoms with Gasteiger partial charge in [-0.2, -0.15) is 0 Å². The Labute approximate surface area is 151 Å². The fourth-order valence-electron chi connectivity index (χ4n) is 2.51. The largest absolute Gasteiger partial charge is 0.467 e. The van der Waals surface area contributed by atoms with Crippen molar-refractivity contribution >= 4 is 45.2 Å². The van der Waals surface area contributed by atoms with E-state index in [2.05, 4.69) is 21.2 Å². The van der Waals surface area contributed by atoms with Crippen LogP contribution in [0.2, 0.25) is 0 Å². The SMILES string of the molecule is O=C1/C(=C/c2cc(Br)c3c(c2)OCO3)NC(=S)N1Cc1ccco1. The third-order valence-corrected chi connectivity index (χ3v) is 4.53. The number of ether oxygens (including phenoxy) is 2. The van der Waals surface area contributed by atoms with Gasteiger partial charge in [0.1, 0.15) is 11.5 Å². The molecule has 2 aromatic rings. The first-order valence-electron chi connectivity index (χ1n) is 7.08. The summed E-state index contributed by atoms with van der Waals surface area (Å²) in [5.41, 5.74) is 1.20. The van der Waals surface area contributed by atoms with Crippen LogP contribution >= 0.6 is 28.1 Å². The Bertz CT molecular complexity index is 863. The van der Waals surface area contributed by atoms with Crippen molar-refractivity contribution in [2.45, 2.75) is 6.54 Å². The summed E-state index contributed by atoms with van der Waals surface area (Å²) in [6.45, 7) is 0.478. The van der Waals surface area contributed by atoms with E-state index in [4.69, 9.17) is 26.1 Å². The van der Waals surface area contributed by atoms with E-state index in [0.717, 1.165) is 10.0 Å². The van der Waals surface area contributed by atoms with Crippen LogP contribution in [0.5, 0.6) is 11.5 Å². The molecular weight excluding hydrogens is 396 g/mol. The van der Waals surface area contributed by atoms with Gasteiger partial charge in [-0.1, -0.05) is 0 Å². The molecule has 122 valence electrons. The summed E-state index contributed by atoms with van der Waals surface area (Å²) in [4.78, 5) is 14.0. The van der Waals surface area contributed by atoms with Crippen molar-refractivity contribution in [3.8, 4) is 11.5 Å². The molecule has 2 aliphatic rings. The molecule has 8 heteroatoms. The van der Waals surface area contributed by atoms with E-state index < -0.39 is 0 Å². The minimum atomic E-state index is -0.204. The molecular formula is C16H11BrN2O4S. The topological polar surface area (TPSA) is 63.9 Å². The van der Waals surface area contributed by atoms with Gasteiger partial charge in [-0.3, -0.25) is 9.69 Å². The van der Waals surface area contributed by atoms with Gasteiger partial charge in [0, 0.05) is 0 Å². The van der Waals surface area contributed by atoms with Gasteiger partial charge in [0.2, 0.25) is 6.79 Å². The minimum Gasteiger partial charge on any atom is -0.467 e. The predicted octanol–water partition coefficient (Wildman–Crippen LogP) is 3.03. The van der Waals surface area contributed by atoms with Crippen molar-refractivity contribution in [2.75, 3.05) is 6.79 Å². The highest BCUT2D eigenvalue weighted by Crippen LogP contribution is 2.40. The summed E-state index contributed by atoms with van der Waals surface area (Å²) >= 11 is 8.68. The maximum absolute atomic E-state index is 12.6. The van der Waals surface area contributed by atoms with E-state index in [9.17, 15) is 4.79 Å². The molecule has 2 aliphatic heterocycles. The molecule has 1 aromatic heterocycles. The Morgan fingerprint density at radius 2 is 2.25 bits per heavy atom. The molecule has 1 N–H and O–H groups in total. The Hall–Kier alpha value is -2.32. The van der Waals surface area contributed by atoms with E-state index in [1.165, 1.54) is 4.90 Å². The van der Waals surface area contributed by atoms with Gasteiger partial charge in [0.05, 0.1) is 17.3 Å². The number of carbonyl (C=O) groups excluding carboxylic acids is 1. The van der Waals surface area contributed by atoms with Crippen molar-refractivity contribution in [1.29, 1.82) is 0 Å². The maximum atomic E-state index is 12.6. The zero-order valence-electron chi connectivity index (χ0n) is 12.2. The van der Waals surface area contributed by atoms with Gasteiger partial charge < -0.3 is 19.2 Å². The molecule has 0 spiro atoms. The Kier molecular flexibility index (Phi) is 3.78. The van der Waals surface area contributed by atoms with E-state index >= 15 is 0 Å². The zero-order valence-corrected chi connectivity index (χ0v) is 14.6. The van der Waals surface area contributed by atoms with E-state index in [1.54, 1.807) is 24.5 Å². The van der Waals surface area contributed by atoms with Gasteiger partial charge in [-0.25, -0.2) is 0 Å². The number of nitrogens with one attached hydrogen (secondary N) is 1. The summed E-state index contributed by atoms with van der Waals surface area (Å²) in [5, 5.41) is 3.29. The third kappa shape index (κ3) is 2.67. The molecule has 0 saturated carbocycles. The molecule has 0 atom stereocenters. The second-order valence-corrected chi connectivity index (χ2v) is 6.44. The van der Waals surface area contributed by atoms with Gasteiger partial charge >= 0.3 is 0 Å². The number of carbonyl (C=O) groups is 1. The van der Waals surface area contributed by atoms with Gasteiger partial charge in [-0.05, 0) is 64.1 Å². The molecule has 1 aromatic carbocycles. The summed E-state index contributed by atoms with van der Waals surface area (Å²) in [6, 6.07) is 7.24. The highest BCUT2D eigenvalue weighted by molar-refractivity contribution is 9.10. The predicted molar refractivity (Wildman–Crippen MR) is 93.2 cm³/mol. The van der Waals surface area contributed by atoms with Crippen LogP contribution in [-0.2, 0) is 11.3 Å².